The summed E-state index contributed by atoms with van der Waals surface area (Å²) in [6.07, 6.45) is 0. The van der Waals surface area contributed by atoms with Crippen LogP contribution >= 0.6 is 0 Å². The van der Waals surface area contributed by atoms with E-state index in [-0.39, 0.29) is 16.7 Å². The molecule has 2 N–H and O–H groups in total. The first-order chi connectivity index (χ1) is 12.4. The van der Waals surface area contributed by atoms with E-state index in [9.17, 15) is 12.8 Å². The van der Waals surface area contributed by atoms with Crippen LogP contribution < -0.4 is 10.6 Å². The molecule has 8 heteroatoms. The van der Waals surface area contributed by atoms with Gasteiger partial charge in [0, 0.05) is 26.2 Å². The number of aryl methyl sites for hydroxylation is 1. The molecule has 0 amide bonds. The second kappa shape index (κ2) is 7.33. The van der Waals surface area contributed by atoms with Crippen LogP contribution in [0.5, 0.6) is 0 Å². The number of hydrogen-bond donors (Lipinski definition) is 1. The number of benzene rings is 2. The molecule has 0 bridgehead atoms. The minimum absolute atomic E-state index is 0.0428. The van der Waals surface area contributed by atoms with Crippen LogP contribution in [0.3, 0.4) is 0 Å². The van der Waals surface area contributed by atoms with E-state index < -0.39 is 10.0 Å². The summed E-state index contributed by atoms with van der Waals surface area (Å²) in [7, 11) is -3.85. The van der Waals surface area contributed by atoms with Gasteiger partial charge in [-0.25, -0.2) is 4.39 Å². The molecule has 1 fully saturated rings. The summed E-state index contributed by atoms with van der Waals surface area (Å²) in [6, 6.07) is 13.0. The predicted octanol–water partition coefficient (Wildman–Crippen LogP) is 1.96. The minimum Gasteiger partial charge on any atom is -0.369 e. The lowest BCUT2D eigenvalue weighted by Gasteiger charge is -2.36. The Hall–Kier alpha value is -2.61. The van der Waals surface area contributed by atoms with Crippen molar-refractivity contribution in [2.75, 3.05) is 31.1 Å². The van der Waals surface area contributed by atoms with Crippen LogP contribution in [0.4, 0.5) is 10.1 Å². The van der Waals surface area contributed by atoms with E-state index in [1.165, 1.54) is 18.2 Å². The predicted molar refractivity (Wildman–Crippen MR) is 100 cm³/mol. The molecule has 1 aliphatic heterocycles. The largest absolute Gasteiger partial charge is 0.369 e. The summed E-state index contributed by atoms with van der Waals surface area (Å²) in [5.74, 6) is -0.316. The third-order valence-corrected chi connectivity index (χ3v) is 5.62. The van der Waals surface area contributed by atoms with E-state index in [2.05, 4.69) is 4.40 Å². The van der Waals surface area contributed by atoms with Crippen molar-refractivity contribution in [1.82, 2.24) is 4.90 Å². The van der Waals surface area contributed by atoms with Crippen molar-refractivity contribution in [2.24, 2.45) is 10.1 Å². The number of para-hydroxylation sites is 1. The highest BCUT2D eigenvalue weighted by Gasteiger charge is 2.22. The van der Waals surface area contributed by atoms with Crippen LogP contribution in [0.25, 0.3) is 0 Å². The highest BCUT2D eigenvalue weighted by Crippen LogP contribution is 2.20. The molecule has 2 aromatic rings. The average molecular weight is 376 g/mol. The molecule has 0 spiro atoms. The SMILES string of the molecule is Cc1ccc(S(=O)(=O)N=C(N)N2CCN(c3ccccc3F)CC2)cc1. The molecule has 2 aromatic carbocycles. The molecule has 26 heavy (non-hydrogen) atoms. The molecule has 0 aliphatic carbocycles. The van der Waals surface area contributed by atoms with Crippen molar-refractivity contribution in [2.45, 2.75) is 11.8 Å². The van der Waals surface area contributed by atoms with E-state index in [0.29, 0.717) is 31.9 Å². The number of guanidine groups is 1. The van der Waals surface area contributed by atoms with Gasteiger partial charge in [0.05, 0.1) is 10.6 Å². The number of piperazine rings is 1. The third-order valence-electron chi connectivity index (χ3n) is 4.33. The number of nitrogens with two attached hydrogens (primary N) is 1. The second-order valence-corrected chi connectivity index (χ2v) is 7.77. The zero-order chi connectivity index (χ0) is 18.7. The fourth-order valence-electron chi connectivity index (χ4n) is 2.83. The van der Waals surface area contributed by atoms with Crippen LogP contribution in [0.15, 0.2) is 57.8 Å². The Morgan fingerprint density at radius 3 is 2.27 bits per heavy atom. The van der Waals surface area contributed by atoms with Crippen molar-refractivity contribution < 1.29 is 12.8 Å². The van der Waals surface area contributed by atoms with Crippen molar-refractivity contribution in [3.05, 3.63) is 59.9 Å². The maximum absolute atomic E-state index is 13.9. The number of rotatable bonds is 3. The third kappa shape index (κ3) is 3.96. The zero-order valence-corrected chi connectivity index (χ0v) is 15.3. The van der Waals surface area contributed by atoms with Crippen molar-refractivity contribution in [3.8, 4) is 0 Å². The van der Waals surface area contributed by atoms with Crippen molar-refractivity contribution in [1.29, 1.82) is 0 Å². The molecule has 138 valence electrons. The molecule has 0 aromatic heterocycles. The summed E-state index contributed by atoms with van der Waals surface area (Å²) in [5, 5.41) is 0. The van der Waals surface area contributed by atoms with E-state index in [1.807, 2.05) is 11.8 Å². The van der Waals surface area contributed by atoms with Gasteiger partial charge in [-0.15, -0.1) is 4.40 Å². The first kappa shape index (κ1) is 18.2. The van der Waals surface area contributed by atoms with E-state index in [4.69, 9.17) is 5.73 Å². The summed E-state index contributed by atoms with van der Waals surface area (Å²) in [5.41, 5.74) is 7.42. The Balaban J connectivity index is 1.70. The van der Waals surface area contributed by atoms with Crippen LogP contribution in [-0.4, -0.2) is 45.5 Å². The van der Waals surface area contributed by atoms with Gasteiger partial charge in [-0.2, -0.15) is 8.42 Å². The molecule has 1 aliphatic rings. The normalized spacial score (nSPS) is 16.0. The fourth-order valence-corrected chi connectivity index (χ4v) is 3.78. The molecule has 0 atom stereocenters. The van der Waals surface area contributed by atoms with Gasteiger partial charge in [0.25, 0.3) is 10.0 Å². The van der Waals surface area contributed by atoms with Crippen molar-refractivity contribution in [3.63, 3.8) is 0 Å². The Morgan fingerprint density at radius 2 is 1.65 bits per heavy atom. The molecule has 6 nitrogen and oxygen atoms in total. The minimum atomic E-state index is -3.85. The van der Waals surface area contributed by atoms with Crippen LogP contribution in [0, 0.1) is 12.7 Å². The Kier molecular flexibility index (Phi) is 5.13. The summed E-state index contributed by atoms with van der Waals surface area (Å²) in [4.78, 5) is 3.72. The lowest BCUT2D eigenvalue weighted by Crippen LogP contribution is -2.51. The molecule has 1 saturated heterocycles. The quantitative estimate of drug-likeness (QED) is 0.654. The zero-order valence-electron chi connectivity index (χ0n) is 14.5. The lowest BCUT2D eigenvalue weighted by molar-refractivity contribution is 0.380. The number of nitrogens with zero attached hydrogens (tertiary/aromatic N) is 3. The molecular formula is C18H21FN4O2S. The smallest absolute Gasteiger partial charge is 0.285 e. The maximum Gasteiger partial charge on any atom is 0.285 e. The van der Waals surface area contributed by atoms with Gasteiger partial charge < -0.3 is 15.5 Å². The van der Waals surface area contributed by atoms with Gasteiger partial charge in [0.2, 0.25) is 5.96 Å². The van der Waals surface area contributed by atoms with E-state index >= 15 is 0 Å². The van der Waals surface area contributed by atoms with Gasteiger partial charge in [0.15, 0.2) is 0 Å². The highest BCUT2D eigenvalue weighted by atomic mass is 32.2. The molecule has 0 saturated carbocycles. The van der Waals surface area contributed by atoms with Gasteiger partial charge in [-0.3, -0.25) is 0 Å². The van der Waals surface area contributed by atoms with Crippen LogP contribution in [0.1, 0.15) is 5.56 Å². The Morgan fingerprint density at radius 1 is 1.04 bits per heavy atom. The second-order valence-electron chi connectivity index (χ2n) is 6.16. The number of sulfonamides is 1. The van der Waals surface area contributed by atoms with Crippen molar-refractivity contribution >= 4 is 21.7 Å². The molecule has 0 radical (unpaired) electrons. The fraction of sp³-hybridized carbons (Fsp3) is 0.278. The standard InChI is InChI=1S/C18H21FN4O2S/c1-14-6-8-15(9-7-14)26(24,25)21-18(20)23-12-10-22(11-13-23)17-5-3-2-4-16(17)19/h2-9H,10-13H2,1H3,(H2,20,21). The Labute approximate surface area is 152 Å². The van der Waals surface area contributed by atoms with Gasteiger partial charge >= 0.3 is 0 Å². The van der Waals surface area contributed by atoms with Crippen LogP contribution in [-0.2, 0) is 10.0 Å². The van der Waals surface area contributed by atoms with Gasteiger partial charge in [-0.1, -0.05) is 29.8 Å². The summed E-state index contributed by atoms with van der Waals surface area (Å²) < 4.78 is 42.4. The molecular weight excluding hydrogens is 355 g/mol. The Bertz CT molecular complexity index is 905. The number of hydrogen-bond acceptors (Lipinski definition) is 3. The monoisotopic (exact) mass is 376 g/mol. The first-order valence-electron chi connectivity index (χ1n) is 8.28. The molecule has 1 heterocycles. The highest BCUT2D eigenvalue weighted by molar-refractivity contribution is 7.90. The first-order valence-corrected chi connectivity index (χ1v) is 9.72. The van der Waals surface area contributed by atoms with E-state index in [1.54, 1.807) is 35.2 Å². The van der Waals surface area contributed by atoms with Gasteiger partial charge in [-0.05, 0) is 31.2 Å². The average Bonchev–Trinajstić information content (AvgIpc) is 2.62. The lowest BCUT2D eigenvalue weighted by atomic mass is 10.2. The molecule has 0 unspecified atom stereocenters. The molecule has 3 rings (SSSR count). The summed E-state index contributed by atoms with van der Waals surface area (Å²) in [6.45, 7) is 3.87. The summed E-state index contributed by atoms with van der Waals surface area (Å²) >= 11 is 0. The van der Waals surface area contributed by atoms with E-state index in [0.717, 1.165) is 5.56 Å². The maximum atomic E-state index is 13.9. The van der Waals surface area contributed by atoms with Crippen LogP contribution in [0.2, 0.25) is 0 Å². The number of anilines is 1. The topological polar surface area (TPSA) is 79.0 Å². The van der Waals surface area contributed by atoms with Gasteiger partial charge in [0.1, 0.15) is 5.82 Å². The number of halogens is 1.